The summed E-state index contributed by atoms with van der Waals surface area (Å²) in [6.07, 6.45) is 3.64. The van der Waals surface area contributed by atoms with Crippen LogP contribution in [0.15, 0.2) is 6.20 Å². The summed E-state index contributed by atoms with van der Waals surface area (Å²) in [4.78, 5) is 0. The molecular weight excluding hydrogens is 124 g/mol. The Hall–Kier alpha value is -1.05. The second-order valence-electron chi connectivity index (χ2n) is 1.60. The standard InChI is InChI=1S/C6H8N2.C2H6/c1-3-6-5(2)4-7-8-6;1-2/h3-4,8H,2H2,1H3;1-2H3/b6-3+;. The van der Waals surface area contributed by atoms with Crippen LogP contribution >= 0.6 is 0 Å². The van der Waals surface area contributed by atoms with Crippen LogP contribution in [0.1, 0.15) is 20.8 Å². The van der Waals surface area contributed by atoms with Gasteiger partial charge >= 0.3 is 0 Å². The molecule has 0 saturated heterocycles. The van der Waals surface area contributed by atoms with Crippen molar-refractivity contribution in [1.29, 1.82) is 0 Å². The Kier molecular flexibility index (Phi) is 4.29. The minimum absolute atomic E-state index is 0.951. The van der Waals surface area contributed by atoms with Crippen LogP contribution in [-0.2, 0) is 0 Å². The summed E-state index contributed by atoms with van der Waals surface area (Å²) in [7, 11) is 0. The Morgan fingerprint density at radius 2 is 2.20 bits per heavy atom. The van der Waals surface area contributed by atoms with Crippen molar-refractivity contribution >= 4 is 12.7 Å². The number of hydrogen-bond donors (Lipinski definition) is 1. The zero-order chi connectivity index (χ0) is 7.98. The number of hydrogen-bond acceptors (Lipinski definition) is 1. The molecule has 0 saturated carbocycles. The first-order valence-corrected chi connectivity index (χ1v) is 3.49. The topological polar surface area (TPSA) is 28.7 Å². The lowest BCUT2D eigenvalue weighted by atomic mass is 10.4. The zero-order valence-corrected chi connectivity index (χ0v) is 6.81. The highest BCUT2D eigenvalue weighted by Crippen LogP contribution is 1.51. The van der Waals surface area contributed by atoms with Gasteiger partial charge in [-0.3, -0.25) is 5.10 Å². The quantitative estimate of drug-likeness (QED) is 0.560. The number of rotatable bonds is 0. The fourth-order valence-electron chi connectivity index (χ4n) is 0.571. The molecule has 1 N–H and O–H groups in total. The van der Waals surface area contributed by atoms with Crippen LogP contribution in [0, 0.1) is 0 Å². The maximum atomic E-state index is 3.77. The van der Waals surface area contributed by atoms with E-state index < -0.39 is 0 Å². The van der Waals surface area contributed by atoms with Gasteiger partial charge in [-0.25, -0.2) is 0 Å². The minimum Gasteiger partial charge on any atom is -0.278 e. The van der Waals surface area contributed by atoms with E-state index in [0.29, 0.717) is 0 Å². The Labute approximate surface area is 61.3 Å². The van der Waals surface area contributed by atoms with Gasteiger partial charge in [0.05, 0.1) is 11.5 Å². The van der Waals surface area contributed by atoms with Gasteiger partial charge in [-0.05, 0) is 6.92 Å². The molecule has 0 aliphatic heterocycles. The molecule has 0 atom stereocenters. The molecule has 0 radical (unpaired) electrons. The predicted molar refractivity (Wildman–Crippen MR) is 44.8 cm³/mol. The summed E-state index contributed by atoms with van der Waals surface area (Å²) >= 11 is 0. The Morgan fingerprint density at radius 3 is 2.40 bits per heavy atom. The van der Waals surface area contributed by atoms with E-state index in [2.05, 4.69) is 16.8 Å². The predicted octanol–water partition coefficient (Wildman–Crippen LogP) is 0.647. The molecule has 0 aliphatic rings. The normalized spacial score (nSPS) is 10.5. The van der Waals surface area contributed by atoms with E-state index in [1.807, 2.05) is 26.8 Å². The van der Waals surface area contributed by atoms with Gasteiger partial charge in [0.25, 0.3) is 0 Å². The molecule has 1 rings (SSSR count). The molecule has 1 aromatic rings. The van der Waals surface area contributed by atoms with Crippen LogP contribution in [-0.4, -0.2) is 10.2 Å². The second-order valence-corrected chi connectivity index (χ2v) is 1.60. The highest BCUT2D eigenvalue weighted by Gasteiger charge is 1.76. The van der Waals surface area contributed by atoms with Gasteiger partial charge < -0.3 is 0 Å². The summed E-state index contributed by atoms with van der Waals surface area (Å²) in [5.41, 5.74) is 0. The molecule has 2 heteroatoms. The Balaban J connectivity index is 0.000000371. The third kappa shape index (κ3) is 2.05. The molecule has 0 fully saturated rings. The van der Waals surface area contributed by atoms with Crippen LogP contribution in [0.2, 0.25) is 0 Å². The van der Waals surface area contributed by atoms with Gasteiger partial charge in [0.15, 0.2) is 0 Å². The maximum Gasteiger partial charge on any atom is 0.0601 e. The van der Waals surface area contributed by atoms with Gasteiger partial charge in [-0.1, -0.05) is 26.5 Å². The summed E-state index contributed by atoms with van der Waals surface area (Å²) in [5, 5.41) is 8.52. The van der Waals surface area contributed by atoms with Crippen molar-refractivity contribution in [3.05, 3.63) is 16.8 Å². The van der Waals surface area contributed by atoms with E-state index >= 15 is 0 Å². The number of nitrogens with zero attached hydrogens (tertiary/aromatic N) is 1. The molecule has 0 aliphatic carbocycles. The molecule has 0 amide bonds. The summed E-state index contributed by atoms with van der Waals surface area (Å²) in [5.74, 6) is 0. The monoisotopic (exact) mass is 138 g/mol. The van der Waals surface area contributed by atoms with Crippen LogP contribution in [0.4, 0.5) is 0 Å². The van der Waals surface area contributed by atoms with Gasteiger partial charge in [0.1, 0.15) is 0 Å². The highest BCUT2D eigenvalue weighted by molar-refractivity contribution is 5.16. The lowest BCUT2D eigenvalue weighted by molar-refractivity contribution is 1.06. The molecular formula is C8H14N2. The van der Waals surface area contributed by atoms with Crippen molar-refractivity contribution in [2.24, 2.45) is 0 Å². The third-order valence-corrected chi connectivity index (χ3v) is 1.04. The maximum absolute atomic E-state index is 3.77. The molecule has 2 nitrogen and oxygen atoms in total. The van der Waals surface area contributed by atoms with Crippen molar-refractivity contribution in [1.82, 2.24) is 10.2 Å². The minimum atomic E-state index is 0.951. The molecule has 1 aromatic heterocycles. The van der Waals surface area contributed by atoms with E-state index in [-0.39, 0.29) is 0 Å². The smallest absolute Gasteiger partial charge is 0.0601 e. The van der Waals surface area contributed by atoms with E-state index in [9.17, 15) is 0 Å². The molecule has 56 valence electrons. The molecule has 0 unspecified atom stereocenters. The first-order chi connectivity index (χ1) is 4.84. The number of H-pyrrole nitrogens is 1. The van der Waals surface area contributed by atoms with Crippen LogP contribution in [0.25, 0.3) is 12.7 Å². The van der Waals surface area contributed by atoms with Gasteiger partial charge in [-0.15, -0.1) is 0 Å². The van der Waals surface area contributed by atoms with Crippen molar-refractivity contribution < 1.29 is 0 Å². The van der Waals surface area contributed by atoms with E-state index in [1.54, 1.807) is 6.20 Å². The van der Waals surface area contributed by atoms with Crippen molar-refractivity contribution in [2.75, 3.05) is 0 Å². The molecule has 1 heterocycles. The SMILES string of the molecule is C=c1cn[nH]/c1=C/C.CC. The van der Waals surface area contributed by atoms with Crippen molar-refractivity contribution in [2.45, 2.75) is 20.8 Å². The Morgan fingerprint density at radius 1 is 1.60 bits per heavy atom. The van der Waals surface area contributed by atoms with Crippen molar-refractivity contribution in [3.63, 3.8) is 0 Å². The molecule has 0 aromatic carbocycles. The lowest BCUT2D eigenvalue weighted by Gasteiger charge is -1.66. The fourth-order valence-corrected chi connectivity index (χ4v) is 0.571. The van der Waals surface area contributed by atoms with E-state index in [4.69, 9.17) is 0 Å². The van der Waals surface area contributed by atoms with Gasteiger partial charge in [0, 0.05) is 5.22 Å². The first kappa shape index (κ1) is 8.95. The van der Waals surface area contributed by atoms with Crippen LogP contribution in [0.5, 0.6) is 0 Å². The van der Waals surface area contributed by atoms with Gasteiger partial charge in [-0.2, -0.15) is 5.10 Å². The largest absolute Gasteiger partial charge is 0.278 e. The molecule has 0 spiro atoms. The highest BCUT2D eigenvalue weighted by atomic mass is 15.1. The van der Waals surface area contributed by atoms with Crippen molar-refractivity contribution in [3.8, 4) is 0 Å². The Bertz CT molecular complexity index is 259. The fraction of sp³-hybridized carbons (Fsp3) is 0.375. The van der Waals surface area contributed by atoms with E-state index in [1.165, 1.54) is 0 Å². The van der Waals surface area contributed by atoms with Crippen LogP contribution in [0.3, 0.4) is 0 Å². The van der Waals surface area contributed by atoms with Gasteiger partial charge in [0.2, 0.25) is 0 Å². The average molecular weight is 138 g/mol. The lowest BCUT2D eigenvalue weighted by Crippen LogP contribution is -2.19. The average Bonchev–Trinajstić information content (AvgIpc) is 2.39. The summed E-state index contributed by atoms with van der Waals surface area (Å²) < 4.78 is 0. The van der Waals surface area contributed by atoms with Crippen LogP contribution < -0.4 is 10.6 Å². The summed E-state index contributed by atoms with van der Waals surface area (Å²) in [6.45, 7) is 9.67. The number of aromatic nitrogens is 2. The second kappa shape index (κ2) is 4.79. The first-order valence-electron chi connectivity index (χ1n) is 3.49. The van der Waals surface area contributed by atoms with E-state index in [0.717, 1.165) is 10.6 Å². The molecule has 0 bridgehead atoms. The molecule has 10 heavy (non-hydrogen) atoms. The zero-order valence-electron chi connectivity index (χ0n) is 6.81. The number of aromatic amines is 1. The summed E-state index contributed by atoms with van der Waals surface area (Å²) in [6, 6.07) is 0. The number of nitrogens with one attached hydrogen (secondary N) is 1. The third-order valence-electron chi connectivity index (χ3n) is 1.04.